The summed E-state index contributed by atoms with van der Waals surface area (Å²) in [5.41, 5.74) is 0. The standard InChI is InChI=1S/C13H16ClN3OS/c14-12-2-1-11(19-12)3-6-16-13(18)17-7-4-10(9-15)5-8-17/h1-2,10H,3-8H2,(H,16,18). The van der Waals surface area contributed by atoms with E-state index >= 15 is 0 Å². The van der Waals surface area contributed by atoms with E-state index in [1.54, 1.807) is 16.2 Å². The summed E-state index contributed by atoms with van der Waals surface area (Å²) in [5.74, 6) is 0.109. The Morgan fingerprint density at radius 2 is 2.26 bits per heavy atom. The van der Waals surface area contributed by atoms with E-state index in [0.29, 0.717) is 19.6 Å². The Morgan fingerprint density at radius 1 is 1.53 bits per heavy atom. The number of halogens is 1. The van der Waals surface area contributed by atoms with Crippen molar-refractivity contribution in [2.75, 3.05) is 19.6 Å². The summed E-state index contributed by atoms with van der Waals surface area (Å²) in [4.78, 5) is 14.9. The van der Waals surface area contributed by atoms with Crippen molar-refractivity contribution in [1.82, 2.24) is 10.2 Å². The van der Waals surface area contributed by atoms with Crippen LogP contribution in [-0.4, -0.2) is 30.6 Å². The summed E-state index contributed by atoms with van der Waals surface area (Å²) in [6.07, 6.45) is 2.37. The first kappa shape index (κ1) is 14.2. The highest BCUT2D eigenvalue weighted by Crippen LogP contribution is 2.21. The molecule has 19 heavy (non-hydrogen) atoms. The van der Waals surface area contributed by atoms with Gasteiger partial charge in [0, 0.05) is 30.4 Å². The van der Waals surface area contributed by atoms with Crippen molar-refractivity contribution < 1.29 is 4.79 Å². The minimum atomic E-state index is -0.0287. The van der Waals surface area contributed by atoms with Gasteiger partial charge >= 0.3 is 6.03 Å². The van der Waals surface area contributed by atoms with Crippen LogP contribution in [0.4, 0.5) is 4.79 Å². The molecule has 2 heterocycles. The Labute approximate surface area is 122 Å². The molecule has 0 unspecified atom stereocenters. The number of nitrogens with zero attached hydrogens (tertiary/aromatic N) is 2. The number of piperidine rings is 1. The highest BCUT2D eigenvalue weighted by molar-refractivity contribution is 7.16. The van der Waals surface area contributed by atoms with Crippen LogP contribution >= 0.6 is 22.9 Å². The average Bonchev–Trinajstić information content (AvgIpc) is 2.84. The molecule has 0 aliphatic carbocycles. The molecule has 0 spiro atoms. The normalized spacial score (nSPS) is 16.1. The Balaban J connectivity index is 1.69. The molecule has 1 aliphatic heterocycles. The Kier molecular flexibility index (Phi) is 5.06. The third kappa shape index (κ3) is 4.12. The van der Waals surface area contributed by atoms with Crippen molar-refractivity contribution >= 4 is 29.0 Å². The zero-order valence-corrected chi connectivity index (χ0v) is 12.1. The van der Waals surface area contributed by atoms with Crippen molar-refractivity contribution in [3.8, 4) is 6.07 Å². The van der Waals surface area contributed by atoms with Gasteiger partial charge in [0.2, 0.25) is 0 Å². The zero-order chi connectivity index (χ0) is 13.7. The summed E-state index contributed by atoms with van der Waals surface area (Å²) < 4.78 is 0.778. The third-order valence-corrected chi connectivity index (χ3v) is 4.53. The predicted octanol–water partition coefficient (Wildman–Crippen LogP) is 2.89. The lowest BCUT2D eigenvalue weighted by atomic mass is 9.99. The molecule has 102 valence electrons. The fourth-order valence-electron chi connectivity index (χ4n) is 2.10. The minimum absolute atomic E-state index is 0.0287. The first-order chi connectivity index (χ1) is 9.19. The van der Waals surface area contributed by atoms with Crippen LogP contribution < -0.4 is 5.32 Å². The Bertz CT molecular complexity index is 474. The fourth-order valence-corrected chi connectivity index (χ4v) is 3.19. The fraction of sp³-hybridized carbons (Fsp3) is 0.538. The van der Waals surface area contributed by atoms with Gasteiger partial charge in [0.25, 0.3) is 0 Å². The quantitative estimate of drug-likeness (QED) is 0.932. The van der Waals surface area contributed by atoms with Gasteiger partial charge in [-0.1, -0.05) is 11.6 Å². The second-order valence-corrected chi connectivity index (χ2v) is 6.38. The maximum absolute atomic E-state index is 11.9. The van der Waals surface area contributed by atoms with Crippen LogP contribution in [0.2, 0.25) is 4.34 Å². The van der Waals surface area contributed by atoms with Gasteiger partial charge in [0.1, 0.15) is 0 Å². The smallest absolute Gasteiger partial charge is 0.317 e. The molecular weight excluding hydrogens is 282 g/mol. The molecule has 2 amide bonds. The molecule has 1 aliphatic rings. The summed E-state index contributed by atoms with van der Waals surface area (Å²) in [6, 6.07) is 6.09. The molecule has 6 heteroatoms. The maximum Gasteiger partial charge on any atom is 0.317 e. The molecule has 1 N–H and O–H groups in total. The lowest BCUT2D eigenvalue weighted by Crippen LogP contribution is -2.44. The highest BCUT2D eigenvalue weighted by Gasteiger charge is 2.21. The van der Waals surface area contributed by atoms with Crippen molar-refractivity contribution in [2.24, 2.45) is 5.92 Å². The molecule has 1 fully saturated rings. The molecule has 0 aromatic carbocycles. The number of likely N-dealkylation sites (tertiary alicyclic amines) is 1. The summed E-state index contributed by atoms with van der Waals surface area (Å²) in [7, 11) is 0. The monoisotopic (exact) mass is 297 g/mol. The second-order valence-electron chi connectivity index (χ2n) is 4.58. The van der Waals surface area contributed by atoms with Gasteiger partial charge in [0.05, 0.1) is 10.4 Å². The zero-order valence-electron chi connectivity index (χ0n) is 10.6. The number of carbonyl (C=O) groups is 1. The number of rotatable bonds is 3. The summed E-state index contributed by atoms with van der Waals surface area (Å²) in [5, 5.41) is 11.7. The van der Waals surface area contributed by atoms with Crippen LogP contribution in [0.25, 0.3) is 0 Å². The van der Waals surface area contributed by atoms with Gasteiger partial charge < -0.3 is 10.2 Å². The number of amides is 2. The number of hydrogen-bond donors (Lipinski definition) is 1. The largest absolute Gasteiger partial charge is 0.338 e. The van der Waals surface area contributed by atoms with Crippen molar-refractivity contribution in [2.45, 2.75) is 19.3 Å². The maximum atomic E-state index is 11.9. The van der Waals surface area contributed by atoms with Crippen LogP contribution in [-0.2, 0) is 6.42 Å². The van der Waals surface area contributed by atoms with Gasteiger partial charge in [0.15, 0.2) is 0 Å². The number of nitrogens with one attached hydrogen (secondary N) is 1. The average molecular weight is 298 g/mol. The van der Waals surface area contributed by atoms with Gasteiger partial charge in [-0.05, 0) is 31.4 Å². The first-order valence-corrected chi connectivity index (χ1v) is 7.55. The Morgan fingerprint density at radius 3 is 2.84 bits per heavy atom. The van der Waals surface area contributed by atoms with E-state index in [2.05, 4.69) is 11.4 Å². The highest BCUT2D eigenvalue weighted by atomic mass is 35.5. The van der Waals surface area contributed by atoms with E-state index in [0.717, 1.165) is 23.6 Å². The van der Waals surface area contributed by atoms with Crippen molar-refractivity contribution in [3.63, 3.8) is 0 Å². The van der Waals surface area contributed by atoms with Gasteiger partial charge in [-0.25, -0.2) is 4.79 Å². The van der Waals surface area contributed by atoms with Gasteiger partial charge in [-0.2, -0.15) is 5.26 Å². The lowest BCUT2D eigenvalue weighted by Gasteiger charge is -2.29. The van der Waals surface area contributed by atoms with Crippen LogP contribution in [0.15, 0.2) is 12.1 Å². The summed E-state index contributed by atoms with van der Waals surface area (Å²) in [6.45, 7) is 1.97. The van der Waals surface area contributed by atoms with E-state index < -0.39 is 0 Å². The van der Waals surface area contributed by atoms with Crippen LogP contribution in [0, 0.1) is 17.2 Å². The molecule has 0 atom stereocenters. The van der Waals surface area contributed by atoms with Gasteiger partial charge in [-0.15, -0.1) is 11.3 Å². The van der Waals surface area contributed by atoms with E-state index in [1.165, 1.54) is 4.88 Å². The molecule has 4 nitrogen and oxygen atoms in total. The Hall–Kier alpha value is -1.25. The van der Waals surface area contributed by atoms with Crippen LogP contribution in [0.5, 0.6) is 0 Å². The van der Waals surface area contributed by atoms with Crippen molar-refractivity contribution in [3.05, 3.63) is 21.3 Å². The predicted molar refractivity (Wildman–Crippen MR) is 76.3 cm³/mol. The van der Waals surface area contributed by atoms with Crippen LogP contribution in [0.1, 0.15) is 17.7 Å². The molecule has 0 saturated carbocycles. The van der Waals surface area contributed by atoms with E-state index in [1.807, 2.05) is 12.1 Å². The molecular formula is C13H16ClN3OS. The molecule has 1 aromatic rings. The number of nitriles is 1. The third-order valence-electron chi connectivity index (χ3n) is 3.24. The SMILES string of the molecule is N#CC1CCN(C(=O)NCCc2ccc(Cl)s2)CC1. The second kappa shape index (κ2) is 6.78. The van der Waals surface area contributed by atoms with E-state index in [-0.39, 0.29) is 11.9 Å². The molecule has 2 rings (SSSR count). The number of carbonyl (C=O) groups excluding carboxylic acids is 1. The van der Waals surface area contributed by atoms with Gasteiger partial charge in [-0.3, -0.25) is 0 Å². The summed E-state index contributed by atoms with van der Waals surface area (Å²) >= 11 is 7.39. The minimum Gasteiger partial charge on any atom is -0.338 e. The lowest BCUT2D eigenvalue weighted by molar-refractivity contribution is 0.179. The number of urea groups is 1. The van der Waals surface area contributed by atoms with Crippen LogP contribution in [0.3, 0.4) is 0 Å². The van der Waals surface area contributed by atoms with Crippen molar-refractivity contribution in [1.29, 1.82) is 5.26 Å². The molecule has 0 bridgehead atoms. The first-order valence-electron chi connectivity index (χ1n) is 6.35. The number of hydrogen-bond acceptors (Lipinski definition) is 3. The molecule has 1 saturated heterocycles. The molecule has 0 radical (unpaired) electrons. The van der Waals surface area contributed by atoms with E-state index in [4.69, 9.17) is 16.9 Å². The van der Waals surface area contributed by atoms with E-state index in [9.17, 15) is 4.79 Å². The molecule has 1 aromatic heterocycles. The number of thiophene rings is 1. The topological polar surface area (TPSA) is 56.1 Å².